The van der Waals surface area contributed by atoms with E-state index in [9.17, 15) is 14.7 Å². The summed E-state index contributed by atoms with van der Waals surface area (Å²) in [4.78, 5) is 51.5. The van der Waals surface area contributed by atoms with Gasteiger partial charge in [0.25, 0.3) is 0 Å². The van der Waals surface area contributed by atoms with Crippen molar-refractivity contribution in [3.63, 3.8) is 0 Å². The van der Waals surface area contributed by atoms with Gasteiger partial charge in [0, 0.05) is 17.7 Å². The number of carboxylic acids is 1. The molecule has 0 spiro atoms. The molecular weight excluding hydrogens is 687 g/mol. The van der Waals surface area contributed by atoms with Crippen molar-refractivity contribution in [3.8, 4) is 0 Å². The number of nitrogens with zero attached hydrogens (tertiary/aromatic N) is 2. The highest BCUT2D eigenvalue weighted by atomic mass is 16.5. The summed E-state index contributed by atoms with van der Waals surface area (Å²) >= 11 is 0. The third kappa shape index (κ3) is 5.25. The molecule has 7 aliphatic rings. The molecule has 8 rings (SSSR count). The summed E-state index contributed by atoms with van der Waals surface area (Å²) in [7, 11) is 0. The van der Waals surface area contributed by atoms with Gasteiger partial charge in [-0.1, -0.05) is 60.6 Å². The Bertz CT molecular complexity index is 1760. The summed E-state index contributed by atoms with van der Waals surface area (Å²) in [5.41, 5.74) is 2.70. The molecule has 1 saturated heterocycles. The Hall–Kier alpha value is -2.64. The Morgan fingerprint density at radius 1 is 0.836 bits per heavy atom. The van der Waals surface area contributed by atoms with Crippen LogP contribution in [0.1, 0.15) is 162 Å². The first-order valence-electron chi connectivity index (χ1n) is 22.1. The van der Waals surface area contributed by atoms with Gasteiger partial charge in [0.1, 0.15) is 11.9 Å². The molecule has 0 radical (unpaired) electrons. The number of hydrogen-bond donors (Lipinski definition) is 2. The lowest BCUT2D eigenvalue weighted by molar-refractivity contribution is -0.251. The number of rotatable bonds is 6. The first-order valence-corrected chi connectivity index (χ1v) is 22.1. The molecule has 6 saturated carbocycles. The Morgan fingerprint density at radius 2 is 1.56 bits per heavy atom. The summed E-state index contributed by atoms with van der Waals surface area (Å²) in [6.45, 7) is 28.2. The highest BCUT2D eigenvalue weighted by molar-refractivity contribution is 5.85. The van der Waals surface area contributed by atoms with Gasteiger partial charge >= 0.3 is 11.9 Å². The maximum atomic E-state index is 15.3. The van der Waals surface area contributed by atoms with E-state index in [0.29, 0.717) is 41.9 Å². The minimum absolute atomic E-state index is 0.0372. The second-order valence-corrected chi connectivity index (χ2v) is 22.1. The number of amides is 1. The van der Waals surface area contributed by atoms with E-state index in [1.807, 2.05) is 13.8 Å². The molecule has 8 heteroatoms. The fraction of sp³-hybridized carbons (Fsp3) is 0.830. The number of aromatic nitrogens is 2. The molecule has 0 unspecified atom stereocenters. The van der Waals surface area contributed by atoms with Crippen LogP contribution in [0.5, 0.6) is 0 Å². The SMILES string of the molecule is C=C(C)[C@@H]1CC[C@]2(C(=O)N3CCC[C@H]3c3nc(C)c(C)[nH]3)CC[C@]3(C)[C@H](CC[C@@H]4[C@@]5(C)CC[C@H](OC(=O)[C@H]6C[C@@H](C(=O)O)C6(C)C)C(C)(C)[C@@H]5CC[C@]43C)[C@@H]12. The van der Waals surface area contributed by atoms with Crippen LogP contribution >= 0.6 is 0 Å². The van der Waals surface area contributed by atoms with Crippen molar-refractivity contribution < 1.29 is 24.2 Å². The van der Waals surface area contributed by atoms with E-state index >= 15 is 4.79 Å². The zero-order chi connectivity index (χ0) is 39.8. The summed E-state index contributed by atoms with van der Waals surface area (Å²) in [5, 5.41) is 9.68. The normalized spacial score (nSPS) is 45.3. The predicted molar refractivity (Wildman–Crippen MR) is 214 cm³/mol. The Morgan fingerprint density at radius 3 is 2.20 bits per heavy atom. The highest BCUT2D eigenvalue weighted by Crippen LogP contribution is 2.78. The van der Waals surface area contributed by atoms with Gasteiger partial charge in [-0.05, 0) is 155 Å². The molecule has 1 amide bonds. The van der Waals surface area contributed by atoms with Gasteiger partial charge < -0.3 is 19.7 Å². The third-order valence-electron chi connectivity index (χ3n) is 19.5. The molecule has 6 aliphatic carbocycles. The minimum Gasteiger partial charge on any atom is -0.481 e. The number of imidazole rings is 1. The summed E-state index contributed by atoms with van der Waals surface area (Å²) in [5.74, 6) is 1.69. The number of allylic oxidation sites excluding steroid dienone is 1. The molecule has 2 N–H and O–H groups in total. The van der Waals surface area contributed by atoms with Crippen molar-refractivity contribution in [2.75, 3.05) is 6.54 Å². The number of fused-ring (bicyclic) bond motifs is 7. The monoisotopic (exact) mass is 758 g/mol. The van der Waals surface area contributed by atoms with Crippen molar-refractivity contribution in [2.45, 2.75) is 165 Å². The smallest absolute Gasteiger partial charge is 0.309 e. The molecule has 1 aliphatic heterocycles. The summed E-state index contributed by atoms with van der Waals surface area (Å²) < 4.78 is 6.45. The van der Waals surface area contributed by atoms with Crippen LogP contribution in [0.4, 0.5) is 0 Å². The minimum atomic E-state index is -0.815. The van der Waals surface area contributed by atoms with E-state index in [-0.39, 0.29) is 51.1 Å². The number of hydrogen-bond acceptors (Lipinski definition) is 5. The standard InChI is InChI=1S/C47H71N3O5/c1-26(2)29-16-21-47(41(54)50-24-12-13-33(50)38-48-27(3)28(4)49-38)23-22-45(10)30(37(29)47)14-15-35-44(9)19-18-36(43(7,8)34(44)17-20-46(35,45)11)55-40(53)32-25-31(39(51)52)42(32,5)6/h29-37H,1,12-25H2,2-11H3,(H,48,49)(H,51,52)/t29-,30+,31-,32+,33-,34-,35+,36-,37+,44-,45+,46+,47-/m0/s1. The van der Waals surface area contributed by atoms with E-state index in [1.165, 1.54) is 24.8 Å². The number of H-pyrrole nitrogens is 1. The summed E-state index contributed by atoms with van der Waals surface area (Å²) in [6.07, 6.45) is 12.9. The van der Waals surface area contributed by atoms with E-state index in [4.69, 9.17) is 9.72 Å². The predicted octanol–water partition coefficient (Wildman–Crippen LogP) is 10.0. The lowest BCUT2D eigenvalue weighted by Crippen LogP contribution is -2.67. The van der Waals surface area contributed by atoms with Crippen molar-refractivity contribution in [1.29, 1.82) is 0 Å². The number of aliphatic carboxylic acids is 1. The second kappa shape index (κ2) is 12.7. The number of esters is 1. The number of ether oxygens (including phenoxy) is 1. The number of carbonyl (C=O) groups is 3. The Balaban J connectivity index is 1.05. The molecule has 2 heterocycles. The Labute approximate surface area is 330 Å². The Kier molecular flexibility index (Phi) is 9.04. The fourth-order valence-corrected chi connectivity index (χ4v) is 16.0. The number of nitrogens with one attached hydrogen (secondary N) is 1. The molecule has 55 heavy (non-hydrogen) atoms. The van der Waals surface area contributed by atoms with Crippen molar-refractivity contribution in [1.82, 2.24) is 14.9 Å². The quantitative estimate of drug-likeness (QED) is 0.221. The van der Waals surface area contributed by atoms with Gasteiger partial charge in [-0.2, -0.15) is 0 Å². The number of aromatic amines is 1. The molecule has 1 aromatic rings. The van der Waals surface area contributed by atoms with E-state index in [2.05, 4.69) is 71.9 Å². The third-order valence-corrected chi connectivity index (χ3v) is 19.5. The first kappa shape index (κ1) is 39.2. The fourth-order valence-electron chi connectivity index (χ4n) is 16.0. The number of carboxylic acid groups (broad SMARTS) is 1. The molecular formula is C47H71N3O5. The van der Waals surface area contributed by atoms with Crippen molar-refractivity contribution in [2.24, 2.45) is 73.9 Å². The number of likely N-dealkylation sites (tertiary alicyclic amines) is 1. The van der Waals surface area contributed by atoms with Crippen LogP contribution in [0.3, 0.4) is 0 Å². The number of carbonyl (C=O) groups excluding carboxylic acids is 2. The van der Waals surface area contributed by atoms with Crippen LogP contribution < -0.4 is 0 Å². The van der Waals surface area contributed by atoms with E-state index in [0.717, 1.165) is 81.5 Å². The maximum absolute atomic E-state index is 15.3. The van der Waals surface area contributed by atoms with Gasteiger partial charge in [0.15, 0.2) is 0 Å². The average molecular weight is 758 g/mol. The highest BCUT2D eigenvalue weighted by Gasteiger charge is 2.72. The van der Waals surface area contributed by atoms with Gasteiger partial charge in [-0.25, -0.2) is 4.98 Å². The maximum Gasteiger partial charge on any atom is 0.309 e. The average Bonchev–Trinajstić information content (AvgIpc) is 3.83. The molecule has 1 aromatic heterocycles. The van der Waals surface area contributed by atoms with Crippen LogP contribution in [0.25, 0.3) is 0 Å². The van der Waals surface area contributed by atoms with Crippen LogP contribution in [-0.2, 0) is 19.1 Å². The zero-order valence-corrected chi connectivity index (χ0v) is 35.8. The van der Waals surface area contributed by atoms with Gasteiger partial charge in [-0.15, -0.1) is 0 Å². The van der Waals surface area contributed by atoms with Gasteiger partial charge in [0.05, 0.1) is 29.0 Å². The molecule has 7 fully saturated rings. The van der Waals surface area contributed by atoms with Gasteiger partial charge in [-0.3, -0.25) is 14.4 Å². The zero-order valence-electron chi connectivity index (χ0n) is 35.8. The lowest BCUT2D eigenvalue weighted by Gasteiger charge is -2.73. The van der Waals surface area contributed by atoms with E-state index in [1.54, 1.807) is 0 Å². The topological polar surface area (TPSA) is 113 Å². The molecule has 0 aromatic carbocycles. The lowest BCUT2D eigenvalue weighted by atomic mass is 9.32. The molecule has 8 nitrogen and oxygen atoms in total. The van der Waals surface area contributed by atoms with E-state index < -0.39 is 17.3 Å². The first-order chi connectivity index (χ1) is 25.6. The van der Waals surface area contributed by atoms with Crippen molar-refractivity contribution in [3.05, 3.63) is 29.4 Å². The van der Waals surface area contributed by atoms with Crippen LogP contribution in [0.15, 0.2) is 12.2 Å². The molecule has 13 atom stereocenters. The number of aryl methyl sites for hydroxylation is 2. The largest absolute Gasteiger partial charge is 0.481 e. The molecule has 304 valence electrons. The van der Waals surface area contributed by atoms with Crippen LogP contribution in [0.2, 0.25) is 0 Å². The van der Waals surface area contributed by atoms with Crippen LogP contribution in [-0.4, -0.2) is 50.5 Å². The second-order valence-electron chi connectivity index (χ2n) is 22.1. The van der Waals surface area contributed by atoms with Crippen LogP contribution in [0, 0.1) is 87.8 Å². The molecule has 0 bridgehead atoms. The summed E-state index contributed by atoms with van der Waals surface area (Å²) in [6, 6.07) is 0.0372. The van der Waals surface area contributed by atoms with Gasteiger partial charge in [0.2, 0.25) is 5.91 Å². The van der Waals surface area contributed by atoms with Crippen molar-refractivity contribution >= 4 is 17.8 Å².